The average Bonchev–Trinajstić information content (AvgIpc) is 2.93. The molecule has 0 aliphatic heterocycles. The van der Waals surface area contributed by atoms with E-state index in [1.807, 2.05) is 57.2 Å². The Morgan fingerprint density at radius 2 is 1.51 bits per heavy atom. The van der Waals surface area contributed by atoms with Gasteiger partial charge in [0.2, 0.25) is 0 Å². The van der Waals surface area contributed by atoms with E-state index in [0.29, 0.717) is 27.9 Å². The molecule has 0 saturated heterocycles. The lowest BCUT2D eigenvalue weighted by Crippen LogP contribution is -2.43. The molecular formula is C33H36N4O4. The van der Waals surface area contributed by atoms with Crippen LogP contribution in [0.15, 0.2) is 78.9 Å². The SMILES string of the molecule is Cc1c(NC(=O)c2ccc3ccccc3n2)cccc1C(=O)NC(C)C(O)Cc1ccccc1C(=O)NC(C)(C)C. The molecule has 2 atom stereocenters. The molecule has 4 aromatic rings. The number of pyridine rings is 1. The van der Waals surface area contributed by atoms with Gasteiger partial charge in [0, 0.05) is 34.2 Å². The van der Waals surface area contributed by atoms with Gasteiger partial charge in [-0.1, -0.05) is 48.5 Å². The van der Waals surface area contributed by atoms with Crippen LogP contribution in [-0.2, 0) is 6.42 Å². The zero-order chi connectivity index (χ0) is 29.7. The number of hydrogen-bond acceptors (Lipinski definition) is 5. The first-order valence-corrected chi connectivity index (χ1v) is 13.6. The summed E-state index contributed by atoms with van der Waals surface area (Å²) in [5.74, 6) is -0.979. The van der Waals surface area contributed by atoms with Crippen molar-refractivity contribution in [3.05, 3.63) is 107 Å². The summed E-state index contributed by atoms with van der Waals surface area (Å²) < 4.78 is 0. The van der Waals surface area contributed by atoms with Crippen molar-refractivity contribution in [3.63, 3.8) is 0 Å². The molecule has 3 amide bonds. The summed E-state index contributed by atoms with van der Waals surface area (Å²) in [4.78, 5) is 43.4. The molecule has 4 N–H and O–H groups in total. The van der Waals surface area contributed by atoms with E-state index >= 15 is 0 Å². The summed E-state index contributed by atoms with van der Waals surface area (Å²) in [5, 5.41) is 20.5. The van der Waals surface area contributed by atoms with E-state index in [1.54, 1.807) is 56.3 Å². The molecule has 8 nitrogen and oxygen atoms in total. The summed E-state index contributed by atoms with van der Waals surface area (Å²) in [6.07, 6.45) is -0.757. The molecule has 41 heavy (non-hydrogen) atoms. The van der Waals surface area contributed by atoms with E-state index < -0.39 is 17.7 Å². The number of benzene rings is 3. The van der Waals surface area contributed by atoms with E-state index in [2.05, 4.69) is 20.9 Å². The van der Waals surface area contributed by atoms with Crippen LogP contribution in [0, 0.1) is 6.92 Å². The number of carbonyl (C=O) groups is 3. The average molecular weight is 553 g/mol. The Kier molecular flexibility index (Phi) is 8.83. The van der Waals surface area contributed by atoms with Gasteiger partial charge in [0.05, 0.1) is 17.7 Å². The molecule has 2 unspecified atom stereocenters. The number of hydrogen-bond donors (Lipinski definition) is 4. The van der Waals surface area contributed by atoms with Gasteiger partial charge in [-0.2, -0.15) is 0 Å². The van der Waals surface area contributed by atoms with Crippen molar-refractivity contribution >= 4 is 34.3 Å². The summed E-state index contributed by atoms with van der Waals surface area (Å²) >= 11 is 0. The van der Waals surface area contributed by atoms with Gasteiger partial charge in [-0.3, -0.25) is 14.4 Å². The third-order valence-corrected chi connectivity index (χ3v) is 6.77. The highest BCUT2D eigenvalue weighted by Crippen LogP contribution is 2.21. The smallest absolute Gasteiger partial charge is 0.274 e. The summed E-state index contributed by atoms with van der Waals surface area (Å²) in [5.41, 5.74) is 3.21. The number of fused-ring (bicyclic) bond motifs is 1. The second-order valence-corrected chi connectivity index (χ2v) is 11.2. The molecule has 0 bridgehead atoms. The number of aromatic nitrogens is 1. The fourth-order valence-corrected chi connectivity index (χ4v) is 4.51. The number of rotatable bonds is 8. The predicted molar refractivity (Wildman–Crippen MR) is 161 cm³/mol. The molecule has 0 fully saturated rings. The quantitative estimate of drug-likeness (QED) is 0.244. The Morgan fingerprint density at radius 1 is 0.829 bits per heavy atom. The third kappa shape index (κ3) is 7.35. The van der Waals surface area contributed by atoms with E-state index in [4.69, 9.17) is 0 Å². The number of anilines is 1. The predicted octanol–water partition coefficient (Wildman–Crippen LogP) is 5.05. The minimum atomic E-state index is -0.940. The minimum Gasteiger partial charge on any atom is -0.391 e. The number of nitrogens with one attached hydrogen (secondary N) is 3. The number of aliphatic hydroxyl groups is 1. The van der Waals surface area contributed by atoms with Crippen LogP contribution in [0.4, 0.5) is 5.69 Å². The van der Waals surface area contributed by atoms with Crippen molar-refractivity contribution in [3.8, 4) is 0 Å². The molecule has 0 spiro atoms. The maximum atomic E-state index is 13.2. The Balaban J connectivity index is 1.43. The summed E-state index contributed by atoms with van der Waals surface area (Å²) in [6, 6.07) is 22.7. The van der Waals surface area contributed by atoms with Gasteiger partial charge in [0.1, 0.15) is 5.69 Å². The maximum absolute atomic E-state index is 13.2. The fourth-order valence-electron chi connectivity index (χ4n) is 4.51. The van der Waals surface area contributed by atoms with Gasteiger partial charge < -0.3 is 21.1 Å². The first-order valence-electron chi connectivity index (χ1n) is 13.6. The number of carbonyl (C=O) groups excluding carboxylic acids is 3. The van der Waals surface area contributed by atoms with Crippen LogP contribution < -0.4 is 16.0 Å². The lowest BCUT2D eigenvalue weighted by molar-refractivity contribution is 0.0845. The van der Waals surface area contributed by atoms with Gasteiger partial charge in [-0.25, -0.2) is 4.98 Å². The highest BCUT2D eigenvalue weighted by molar-refractivity contribution is 6.06. The molecule has 4 rings (SSSR count). The summed E-state index contributed by atoms with van der Waals surface area (Å²) in [6.45, 7) is 9.18. The molecule has 0 saturated carbocycles. The maximum Gasteiger partial charge on any atom is 0.274 e. The Hall–Kier alpha value is -4.56. The molecular weight excluding hydrogens is 516 g/mol. The van der Waals surface area contributed by atoms with Crippen molar-refractivity contribution in [1.29, 1.82) is 0 Å². The molecule has 3 aromatic carbocycles. The largest absolute Gasteiger partial charge is 0.391 e. The van der Waals surface area contributed by atoms with Crippen LogP contribution in [0.3, 0.4) is 0 Å². The van der Waals surface area contributed by atoms with Gasteiger partial charge in [0.25, 0.3) is 17.7 Å². The Morgan fingerprint density at radius 3 is 2.27 bits per heavy atom. The topological polar surface area (TPSA) is 120 Å². The van der Waals surface area contributed by atoms with Crippen LogP contribution >= 0.6 is 0 Å². The van der Waals surface area contributed by atoms with Crippen molar-refractivity contribution in [1.82, 2.24) is 15.6 Å². The first-order chi connectivity index (χ1) is 19.4. The monoisotopic (exact) mass is 552 g/mol. The molecule has 1 heterocycles. The van der Waals surface area contributed by atoms with Gasteiger partial charge in [-0.15, -0.1) is 0 Å². The molecule has 212 valence electrons. The van der Waals surface area contributed by atoms with E-state index in [-0.39, 0.29) is 29.8 Å². The number of amides is 3. The number of nitrogens with zero attached hydrogens (tertiary/aromatic N) is 1. The highest BCUT2D eigenvalue weighted by Gasteiger charge is 2.23. The number of aliphatic hydroxyl groups excluding tert-OH is 1. The van der Waals surface area contributed by atoms with Crippen molar-refractivity contribution in [2.75, 3.05) is 5.32 Å². The van der Waals surface area contributed by atoms with Crippen LogP contribution in [0.2, 0.25) is 0 Å². The highest BCUT2D eigenvalue weighted by atomic mass is 16.3. The minimum absolute atomic E-state index is 0.184. The third-order valence-electron chi connectivity index (χ3n) is 6.77. The lowest BCUT2D eigenvalue weighted by atomic mass is 9.96. The van der Waals surface area contributed by atoms with E-state index in [0.717, 1.165) is 10.9 Å². The molecule has 0 radical (unpaired) electrons. The van der Waals surface area contributed by atoms with Crippen molar-refractivity contribution in [2.45, 2.75) is 58.7 Å². The van der Waals surface area contributed by atoms with Crippen molar-refractivity contribution in [2.24, 2.45) is 0 Å². The van der Waals surface area contributed by atoms with Gasteiger partial charge >= 0.3 is 0 Å². The van der Waals surface area contributed by atoms with E-state index in [9.17, 15) is 19.5 Å². The van der Waals surface area contributed by atoms with Gasteiger partial charge in [-0.05, 0) is 76.1 Å². The second kappa shape index (κ2) is 12.3. The van der Waals surface area contributed by atoms with Crippen LogP contribution in [-0.4, -0.2) is 45.5 Å². The molecule has 0 aliphatic rings. The Bertz CT molecular complexity index is 1590. The lowest BCUT2D eigenvalue weighted by Gasteiger charge is -2.24. The zero-order valence-corrected chi connectivity index (χ0v) is 24.0. The van der Waals surface area contributed by atoms with Gasteiger partial charge in [0.15, 0.2) is 0 Å². The molecule has 1 aromatic heterocycles. The molecule has 0 aliphatic carbocycles. The zero-order valence-electron chi connectivity index (χ0n) is 24.0. The standard InChI is InChI=1S/C33H36N4O4/c1-20-24(14-10-16-26(20)36-32(41)28-18-17-22-11-7-9-15-27(22)35-28)30(39)34-21(2)29(38)19-23-12-6-8-13-25(23)31(40)37-33(3,4)5/h6-18,21,29,38H,19H2,1-5H3,(H,34,39)(H,36,41)(H,37,40). The first kappa shape index (κ1) is 29.4. The van der Waals surface area contributed by atoms with Crippen LogP contribution in [0.1, 0.15) is 70.0 Å². The van der Waals surface area contributed by atoms with E-state index in [1.165, 1.54) is 0 Å². The number of para-hydroxylation sites is 1. The van der Waals surface area contributed by atoms with Crippen molar-refractivity contribution < 1.29 is 19.5 Å². The van der Waals surface area contributed by atoms with Crippen LogP contribution in [0.5, 0.6) is 0 Å². The molecule has 8 heteroatoms. The second-order valence-electron chi connectivity index (χ2n) is 11.2. The Labute approximate surface area is 240 Å². The summed E-state index contributed by atoms with van der Waals surface area (Å²) in [7, 11) is 0. The normalized spacial score (nSPS) is 12.8. The van der Waals surface area contributed by atoms with Crippen LogP contribution in [0.25, 0.3) is 10.9 Å². The fraction of sp³-hybridized carbons (Fsp3) is 0.273.